The molecule has 0 aliphatic rings. The summed E-state index contributed by atoms with van der Waals surface area (Å²) in [4.78, 5) is 4.26. The molecule has 2 aromatic heterocycles. The predicted molar refractivity (Wildman–Crippen MR) is 81.0 cm³/mol. The van der Waals surface area contributed by atoms with Gasteiger partial charge in [-0.2, -0.15) is 0 Å². The highest BCUT2D eigenvalue weighted by molar-refractivity contribution is 7.89. The molecule has 21 heavy (non-hydrogen) atoms. The number of aromatic nitrogens is 2. The van der Waals surface area contributed by atoms with Crippen LogP contribution < -0.4 is 10.0 Å². The second kappa shape index (κ2) is 5.63. The first-order valence-electron chi connectivity index (χ1n) is 6.50. The van der Waals surface area contributed by atoms with Crippen molar-refractivity contribution >= 4 is 21.5 Å². The van der Waals surface area contributed by atoms with Crippen LogP contribution in [0.25, 0.3) is 5.65 Å². The zero-order valence-electron chi connectivity index (χ0n) is 12.5. The number of fused-ring (bicyclic) bond motifs is 1. The van der Waals surface area contributed by atoms with Crippen molar-refractivity contribution in [3.8, 4) is 0 Å². The molecule has 0 atom stereocenters. The second-order valence-corrected chi connectivity index (χ2v) is 6.92. The first-order chi connectivity index (χ1) is 9.80. The molecule has 7 nitrogen and oxygen atoms in total. The van der Waals surface area contributed by atoms with Crippen LogP contribution in [-0.2, 0) is 14.8 Å². The third kappa shape index (κ3) is 3.17. The van der Waals surface area contributed by atoms with Gasteiger partial charge in [0.2, 0.25) is 0 Å². The van der Waals surface area contributed by atoms with Crippen LogP contribution in [0.15, 0.2) is 29.4 Å². The SMILES string of the molecule is CNc1nc2ccccn2c1S(=O)(=O)NCC(C)(C)OC. The Morgan fingerprint density at radius 1 is 1.38 bits per heavy atom. The molecule has 116 valence electrons. The van der Waals surface area contributed by atoms with Crippen LogP contribution in [0.5, 0.6) is 0 Å². The van der Waals surface area contributed by atoms with E-state index in [0.29, 0.717) is 11.5 Å². The van der Waals surface area contributed by atoms with E-state index in [-0.39, 0.29) is 11.6 Å². The molecule has 0 spiro atoms. The number of methoxy groups -OCH3 is 1. The Kier molecular flexibility index (Phi) is 4.22. The normalized spacial score (nSPS) is 12.8. The predicted octanol–water partition coefficient (Wildman–Crippen LogP) is 1.08. The molecule has 0 unspecified atom stereocenters. The molecule has 8 heteroatoms. The quantitative estimate of drug-likeness (QED) is 0.834. The molecule has 0 aromatic carbocycles. The Hall–Kier alpha value is -1.64. The molecule has 0 aliphatic heterocycles. The fourth-order valence-corrected chi connectivity index (χ4v) is 3.29. The van der Waals surface area contributed by atoms with E-state index in [9.17, 15) is 8.42 Å². The summed E-state index contributed by atoms with van der Waals surface area (Å²) in [7, 11) is -0.540. The van der Waals surface area contributed by atoms with Crippen molar-refractivity contribution in [2.45, 2.75) is 24.5 Å². The first-order valence-corrected chi connectivity index (χ1v) is 7.99. The van der Waals surface area contributed by atoms with Crippen LogP contribution in [0, 0.1) is 0 Å². The molecule has 0 bridgehead atoms. The highest BCUT2D eigenvalue weighted by Gasteiger charge is 2.27. The van der Waals surface area contributed by atoms with Crippen molar-refractivity contribution in [2.75, 3.05) is 26.0 Å². The summed E-state index contributed by atoms with van der Waals surface area (Å²) in [5.74, 6) is 0.309. The Balaban J connectivity index is 2.44. The zero-order valence-corrected chi connectivity index (χ0v) is 13.4. The van der Waals surface area contributed by atoms with Gasteiger partial charge in [-0.15, -0.1) is 0 Å². The van der Waals surface area contributed by atoms with Crippen molar-refractivity contribution in [1.29, 1.82) is 0 Å². The molecule has 2 aromatic rings. The molecule has 0 saturated carbocycles. The number of imidazole rings is 1. The van der Waals surface area contributed by atoms with Gasteiger partial charge in [0.05, 0.1) is 5.60 Å². The summed E-state index contributed by atoms with van der Waals surface area (Å²) < 4.78 is 34.5. The maximum Gasteiger partial charge on any atom is 0.260 e. The Bertz CT molecular complexity index is 737. The highest BCUT2D eigenvalue weighted by atomic mass is 32.2. The minimum Gasteiger partial charge on any atom is -0.377 e. The van der Waals surface area contributed by atoms with Crippen molar-refractivity contribution in [1.82, 2.24) is 14.1 Å². The lowest BCUT2D eigenvalue weighted by Gasteiger charge is -2.23. The zero-order chi connectivity index (χ0) is 15.7. The van der Waals surface area contributed by atoms with E-state index in [4.69, 9.17) is 4.74 Å². The monoisotopic (exact) mass is 312 g/mol. The fraction of sp³-hybridized carbons (Fsp3) is 0.462. The lowest BCUT2D eigenvalue weighted by atomic mass is 10.1. The number of pyridine rings is 1. The maximum absolute atomic E-state index is 12.6. The number of rotatable bonds is 6. The summed E-state index contributed by atoms with van der Waals surface area (Å²) in [5, 5.41) is 2.91. The van der Waals surface area contributed by atoms with Crippen LogP contribution in [-0.4, -0.2) is 44.1 Å². The first kappa shape index (κ1) is 15.7. The Morgan fingerprint density at radius 2 is 2.10 bits per heavy atom. The van der Waals surface area contributed by atoms with Gasteiger partial charge in [0, 0.05) is 26.9 Å². The number of sulfonamides is 1. The van der Waals surface area contributed by atoms with Crippen LogP contribution in [0.2, 0.25) is 0 Å². The summed E-state index contributed by atoms with van der Waals surface area (Å²) in [6, 6.07) is 5.31. The van der Waals surface area contributed by atoms with Gasteiger partial charge < -0.3 is 10.1 Å². The summed E-state index contributed by atoms with van der Waals surface area (Å²) in [6.45, 7) is 3.78. The van der Waals surface area contributed by atoms with Gasteiger partial charge in [-0.1, -0.05) is 6.07 Å². The Morgan fingerprint density at radius 3 is 2.71 bits per heavy atom. The van der Waals surface area contributed by atoms with E-state index in [1.165, 1.54) is 4.40 Å². The van der Waals surface area contributed by atoms with Gasteiger partial charge in [-0.05, 0) is 26.0 Å². The number of nitrogens with one attached hydrogen (secondary N) is 2. The molecule has 2 heterocycles. The number of nitrogens with zero attached hydrogens (tertiary/aromatic N) is 2. The van der Waals surface area contributed by atoms with Crippen molar-refractivity contribution < 1.29 is 13.2 Å². The minimum atomic E-state index is -3.72. The molecule has 0 saturated heterocycles. The van der Waals surface area contributed by atoms with Gasteiger partial charge in [0.25, 0.3) is 10.0 Å². The van der Waals surface area contributed by atoms with E-state index in [1.807, 2.05) is 13.8 Å². The molecule has 0 amide bonds. The second-order valence-electron chi connectivity index (χ2n) is 5.23. The molecule has 0 radical (unpaired) electrons. The van der Waals surface area contributed by atoms with Crippen molar-refractivity contribution in [3.05, 3.63) is 24.4 Å². The number of ether oxygens (including phenoxy) is 1. The molecule has 2 N–H and O–H groups in total. The van der Waals surface area contributed by atoms with Crippen LogP contribution in [0.4, 0.5) is 5.82 Å². The smallest absolute Gasteiger partial charge is 0.260 e. The third-order valence-electron chi connectivity index (χ3n) is 3.22. The van der Waals surface area contributed by atoms with Gasteiger partial charge in [-0.25, -0.2) is 18.1 Å². The average Bonchev–Trinajstić information content (AvgIpc) is 2.84. The summed E-state index contributed by atoms with van der Waals surface area (Å²) in [5.41, 5.74) is -0.0267. The summed E-state index contributed by atoms with van der Waals surface area (Å²) in [6.07, 6.45) is 1.67. The molecular weight excluding hydrogens is 292 g/mol. The Labute approximate surface area is 124 Å². The largest absolute Gasteiger partial charge is 0.377 e. The van der Waals surface area contributed by atoms with Crippen LogP contribution in [0.1, 0.15) is 13.8 Å². The van der Waals surface area contributed by atoms with Gasteiger partial charge in [0.15, 0.2) is 10.8 Å². The summed E-state index contributed by atoms with van der Waals surface area (Å²) >= 11 is 0. The van der Waals surface area contributed by atoms with E-state index < -0.39 is 15.6 Å². The van der Waals surface area contributed by atoms with Crippen molar-refractivity contribution in [2.24, 2.45) is 0 Å². The highest BCUT2D eigenvalue weighted by Crippen LogP contribution is 2.22. The molecular formula is C13H20N4O3S. The van der Waals surface area contributed by atoms with E-state index in [0.717, 1.165) is 0 Å². The van der Waals surface area contributed by atoms with Crippen LogP contribution >= 0.6 is 0 Å². The molecule has 0 fully saturated rings. The molecule has 0 aliphatic carbocycles. The fourth-order valence-electron chi connectivity index (χ4n) is 1.80. The van der Waals surface area contributed by atoms with Crippen molar-refractivity contribution in [3.63, 3.8) is 0 Å². The van der Waals surface area contributed by atoms with E-state index in [2.05, 4.69) is 15.0 Å². The molecule has 2 rings (SSSR count). The lowest BCUT2D eigenvalue weighted by molar-refractivity contribution is 0.0276. The number of hydrogen-bond donors (Lipinski definition) is 2. The standard InChI is InChI=1S/C13H20N4O3S/c1-13(2,20-4)9-15-21(18,19)12-11(14-3)16-10-7-5-6-8-17(10)12/h5-8,14-15H,9H2,1-4H3. The van der Waals surface area contributed by atoms with Crippen LogP contribution in [0.3, 0.4) is 0 Å². The number of hydrogen-bond acceptors (Lipinski definition) is 5. The van der Waals surface area contributed by atoms with E-state index >= 15 is 0 Å². The topological polar surface area (TPSA) is 84.7 Å². The van der Waals surface area contributed by atoms with Gasteiger partial charge in [-0.3, -0.25) is 4.40 Å². The minimum absolute atomic E-state index is 0.0903. The maximum atomic E-state index is 12.6. The number of anilines is 1. The van der Waals surface area contributed by atoms with E-state index in [1.54, 1.807) is 38.6 Å². The van der Waals surface area contributed by atoms with Gasteiger partial charge >= 0.3 is 0 Å². The third-order valence-corrected chi connectivity index (χ3v) is 4.64. The van der Waals surface area contributed by atoms with Gasteiger partial charge in [0.1, 0.15) is 5.65 Å². The lowest BCUT2D eigenvalue weighted by Crippen LogP contribution is -2.40. The average molecular weight is 312 g/mol.